The van der Waals surface area contributed by atoms with E-state index in [0.717, 1.165) is 22.5 Å². The molecule has 0 fully saturated rings. The highest BCUT2D eigenvalue weighted by Crippen LogP contribution is 2.24. The first-order valence-corrected chi connectivity index (χ1v) is 10.8. The molecule has 1 aliphatic rings. The number of nitrogens with zero attached hydrogens (tertiary/aromatic N) is 3. The van der Waals surface area contributed by atoms with Crippen LogP contribution in [0.25, 0.3) is 16.9 Å². The zero-order chi connectivity index (χ0) is 22.9. The van der Waals surface area contributed by atoms with Crippen molar-refractivity contribution in [2.24, 2.45) is 0 Å². The Morgan fingerprint density at radius 1 is 0.970 bits per heavy atom. The standard InChI is InChI=1S/C26H22N4O3/c1-17-12-14-29-16-22(28-23(29)15-17)18-8-10-19(11-9-18)27-24(31)7-4-13-30-25(32)20-5-2-3-6-21(20)26(30)33/h2-3,5-6,8-12,14-16H,4,7,13H2,1H3,(H,27,31). The van der Waals surface area contributed by atoms with Crippen LogP contribution in [0.15, 0.2) is 73.1 Å². The van der Waals surface area contributed by atoms with Crippen LogP contribution in [-0.4, -0.2) is 38.6 Å². The molecule has 2 aromatic carbocycles. The Hall–Kier alpha value is -4.26. The van der Waals surface area contributed by atoms with Crippen LogP contribution >= 0.6 is 0 Å². The average molecular weight is 438 g/mol. The minimum absolute atomic E-state index is 0.164. The summed E-state index contributed by atoms with van der Waals surface area (Å²) in [6, 6.07) is 18.4. The summed E-state index contributed by atoms with van der Waals surface area (Å²) in [7, 11) is 0. The van der Waals surface area contributed by atoms with Gasteiger partial charge in [-0.15, -0.1) is 0 Å². The molecule has 3 heterocycles. The number of hydrogen-bond donors (Lipinski definition) is 1. The van der Waals surface area contributed by atoms with Gasteiger partial charge in [0.05, 0.1) is 16.8 Å². The molecule has 33 heavy (non-hydrogen) atoms. The van der Waals surface area contributed by atoms with Crippen LogP contribution in [0.5, 0.6) is 0 Å². The second-order valence-electron chi connectivity index (χ2n) is 8.13. The first kappa shape index (κ1) is 20.6. The molecule has 0 radical (unpaired) electrons. The summed E-state index contributed by atoms with van der Waals surface area (Å²) in [5.41, 5.74) is 5.39. The maximum absolute atomic E-state index is 12.4. The van der Waals surface area contributed by atoms with E-state index in [4.69, 9.17) is 0 Å². The summed E-state index contributed by atoms with van der Waals surface area (Å²) in [4.78, 5) is 43.0. The summed E-state index contributed by atoms with van der Waals surface area (Å²) in [6.45, 7) is 2.25. The molecular formula is C26H22N4O3. The molecule has 1 N–H and O–H groups in total. The number of benzene rings is 2. The molecule has 2 aromatic heterocycles. The van der Waals surface area contributed by atoms with Gasteiger partial charge in [0.2, 0.25) is 5.91 Å². The molecule has 1 aliphatic heterocycles. The first-order valence-electron chi connectivity index (χ1n) is 10.8. The first-order chi connectivity index (χ1) is 16.0. The Morgan fingerprint density at radius 2 is 1.67 bits per heavy atom. The summed E-state index contributed by atoms with van der Waals surface area (Å²) in [5, 5.41) is 2.87. The Kier molecular flexibility index (Phi) is 5.22. The van der Waals surface area contributed by atoms with E-state index in [1.807, 2.05) is 60.1 Å². The topological polar surface area (TPSA) is 83.8 Å². The normalized spacial score (nSPS) is 12.9. The van der Waals surface area contributed by atoms with Gasteiger partial charge in [0, 0.05) is 36.6 Å². The number of pyridine rings is 1. The average Bonchev–Trinajstić information content (AvgIpc) is 3.34. The van der Waals surface area contributed by atoms with Gasteiger partial charge in [-0.05, 0) is 55.3 Å². The van der Waals surface area contributed by atoms with E-state index in [1.165, 1.54) is 4.90 Å². The number of anilines is 1. The van der Waals surface area contributed by atoms with Gasteiger partial charge in [-0.2, -0.15) is 0 Å². The Bertz CT molecular complexity index is 1350. The fourth-order valence-corrected chi connectivity index (χ4v) is 4.01. The number of fused-ring (bicyclic) bond motifs is 2. The quantitative estimate of drug-likeness (QED) is 0.454. The van der Waals surface area contributed by atoms with Gasteiger partial charge in [-0.25, -0.2) is 4.98 Å². The summed E-state index contributed by atoms with van der Waals surface area (Å²) >= 11 is 0. The second-order valence-corrected chi connectivity index (χ2v) is 8.13. The van der Waals surface area contributed by atoms with E-state index >= 15 is 0 Å². The molecule has 0 bridgehead atoms. The maximum Gasteiger partial charge on any atom is 0.261 e. The van der Waals surface area contributed by atoms with Gasteiger partial charge in [0.25, 0.3) is 11.8 Å². The molecule has 0 aliphatic carbocycles. The minimum Gasteiger partial charge on any atom is -0.326 e. The van der Waals surface area contributed by atoms with Crippen LogP contribution in [0, 0.1) is 6.92 Å². The lowest BCUT2D eigenvalue weighted by Crippen LogP contribution is -2.31. The van der Waals surface area contributed by atoms with Crippen LogP contribution in [0.1, 0.15) is 39.1 Å². The molecule has 3 amide bonds. The highest BCUT2D eigenvalue weighted by atomic mass is 16.2. The van der Waals surface area contributed by atoms with Crippen LogP contribution in [0.3, 0.4) is 0 Å². The van der Waals surface area contributed by atoms with E-state index in [-0.39, 0.29) is 30.7 Å². The fourth-order valence-electron chi connectivity index (χ4n) is 4.01. The molecular weight excluding hydrogens is 416 g/mol. The summed E-state index contributed by atoms with van der Waals surface area (Å²) in [5.74, 6) is -0.759. The zero-order valence-electron chi connectivity index (χ0n) is 18.1. The number of carbonyl (C=O) groups excluding carboxylic acids is 3. The van der Waals surface area contributed by atoms with E-state index < -0.39 is 0 Å². The van der Waals surface area contributed by atoms with Crippen molar-refractivity contribution in [1.82, 2.24) is 14.3 Å². The van der Waals surface area contributed by atoms with E-state index in [2.05, 4.69) is 10.3 Å². The smallest absolute Gasteiger partial charge is 0.261 e. The van der Waals surface area contributed by atoms with Crippen molar-refractivity contribution >= 4 is 29.1 Å². The van der Waals surface area contributed by atoms with Gasteiger partial charge in [0.15, 0.2) is 0 Å². The Labute approximate surface area is 190 Å². The van der Waals surface area contributed by atoms with Crippen molar-refractivity contribution < 1.29 is 14.4 Å². The van der Waals surface area contributed by atoms with Gasteiger partial charge < -0.3 is 9.72 Å². The Balaban J connectivity index is 1.16. The predicted octanol–water partition coefficient (Wildman–Crippen LogP) is 4.32. The van der Waals surface area contributed by atoms with Crippen molar-refractivity contribution in [3.63, 3.8) is 0 Å². The van der Waals surface area contributed by atoms with E-state index in [9.17, 15) is 14.4 Å². The zero-order valence-corrected chi connectivity index (χ0v) is 18.1. The molecule has 5 rings (SSSR count). The lowest BCUT2D eigenvalue weighted by molar-refractivity contribution is -0.116. The Morgan fingerprint density at radius 3 is 2.36 bits per heavy atom. The third-order valence-corrected chi connectivity index (χ3v) is 5.74. The number of hydrogen-bond acceptors (Lipinski definition) is 4. The summed E-state index contributed by atoms with van der Waals surface area (Å²) < 4.78 is 1.98. The number of imidazole rings is 1. The molecule has 4 aromatic rings. The number of nitrogens with one attached hydrogen (secondary N) is 1. The van der Waals surface area contributed by atoms with Crippen LogP contribution < -0.4 is 5.32 Å². The van der Waals surface area contributed by atoms with Gasteiger partial charge in [-0.1, -0.05) is 24.3 Å². The van der Waals surface area contributed by atoms with Gasteiger partial charge >= 0.3 is 0 Å². The monoisotopic (exact) mass is 438 g/mol. The molecule has 0 unspecified atom stereocenters. The van der Waals surface area contributed by atoms with E-state index in [0.29, 0.717) is 23.2 Å². The number of imide groups is 1. The highest BCUT2D eigenvalue weighted by molar-refractivity contribution is 6.21. The molecule has 7 heteroatoms. The second kappa shape index (κ2) is 8.35. The fraction of sp³-hybridized carbons (Fsp3) is 0.154. The third-order valence-electron chi connectivity index (χ3n) is 5.74. The number of rotatable bonds is 6. The van der Waals surface area contributed by atoms with Crippen LogP contribution in [0.2, 0.25) is 0 Å². The van der Waals surface area contributed by atoms with Crippen LogP contribution in [-0.2, 0) is 4.79 Å². The maximum atomic E-state index is 12.4. The molecule has 0 atom stereocenters. The summed E-state index contributed by atoms with van der Waals surface area (Å²) in [6.07, 6.45) is 4.57. The highest BCUT2D eigenvalue weighted by Gasteiger charge is 2.34. The molecule has 164 valence electrons. The minimum atomic E-state index is -0.297. The van der Waals surface area contributed by atoms with Crippen molar-refractivity contribution in [3.05, 3.63) is 89.7 Å². The number of amides is 3. The van der Waals surface area contributed by atoms with Crippen LogP contribution in [0.4, 0.5) is 5.69 Å². The predicted molar refractivity (Wildman–Crippen MR) is 125 cm³/mol. The SMILES string of the molecule is Cc1ccn2cc(-c3ccc(NC(=O)CCCN4C(=O)c5ccccc5C4=O)cc3)nc2c1. The molecule has 7 nitrogen and oxygen atoms in total. The van der Waals surface area contributed by atoms with Gasteiger partial charge in [0.1, 0.15) is 5.65 Å². The number of carbonyl (C=O) groups is 3. The van der Waals surface area contributed by atoms with Crippen molar-refractivity contribution in [1.29, 1.82) is 0 Å². The van der Waals surface area contributed by atoms with Crippen molar-refractivity contribution in [2.75, 3.05) is 11.9 Å². The largest absolute Gasteiger partial charge is 0.326 e. The molecule has 0 spiro atoms. The van der Waals surface area contributed by atoms with E-state index in [1.54, 1.807) is 24.3 Å². The third kappa shape index (κ3) is 4.01. The van der Waals surface area contributed by atoms with Crippen molar-refractivity contribution in [2.45, 2.75) is 19.8 Å². The molecule has 0 saturated carbocycles. The molecule has 0 saturated heterocycles. The number of aromatic nitrogens is 2. The lowest BCUT2D eigenvalue weighted by atomic mass is 10.1. The number of aryl methyl sites for hydroxylation is 1. The lowest BCUT2D eigenvalue weighted by Gasteiger charge is -2.13. The van der Waals surface area contributed by atoms with Crippen molar-refractivity contribution in [3.8, 4) is 11.3 Å². The van der Waals surface area contributed by atoms with Gasteiger partial charge in [-0.3, -0.25) is 19.3 Å².